The minimum absolute atomic E-state index is 0.117. The molecule has 0 N–H and O–H groups in total. The van der Waals surface area contributed by atoms with Crippen LogP contribution in [0.2, 0.25) is 0 Å². The summed E-state index contributed by atoms with van der Waals surface area (Å²) in [5.74, 6) is 0.117. The number of rotatable bonds is 3. The lowest BCUT2D eigenvalue weighted by Crippen LogP contribution is -2.44. The molecule has 0 saturated carbocycles. The van der Waals surface area contributed by atoms with Crippen molar-refractivity contribution in [2.24, 2.45) is 0 Å². The monoisotopic (exact) mass is 380 g/mol. The number of hydrogen-bond donors (Lipinski definition) is 0. The highest BCUT2D eigenvalue weighted by Crippen LogP contribution is 2.42. The van der Waals surface area contributed by atoms with Crippen molar-refractivity contribution in [1.82, 2.24) is 4.90 Å². The highest BCUT2D eigenvalue weighted by molar-refractivity contribution is 6.41. The van der Waals surface area contributed by atoms with Gasteiger partial charge in [0.1, 0.15) is 0 Å². The Balaban J connectivity index is 1.65. The van der Waals surface area contributed by atoms with Crippen molar-refractivity contribution in [3.8, 4) is 0 Å². The van der Waals surface area contributed by atoms with Gasteiger partial charge in [-0.25, -0.2) is 0 Å². The molecule has 144 valence electrons. The summed E-state index contributed by atoms with van der Waals surface area (Å²) in [7, 11) is 2.17. The average molecular weight is 380 g/mol. The largest absolute Gasteiger partial charge is 0.369 e. The van der Waals surface area contributed by atoms with E-state index in [4.69, 9.17) is 0 Å². The van der Waals surface area contributed by atoms with E-state index in [-0.39, 0.29) is 5.78 Å². The number of fused-ring (bicyclic) bond motifs is 1. The molecule has 0 atom stereocenters. The Labute approximate surface area is 171 Å². The van der Waals surface area contributed by atoms with Gasteiger partial charge in [-0.1, -0.05) is 66.7 Å². The highest BCUT2D eigenvalue weighted by Gasteiger charge is 2.31. The maximum atomic E-state index is 13.3. The topological polar surface area (TPSA) is 23.6 Å². The third-order valence-electron chi connectivity index (χ3n) is 5.98. The zero-order valence-electron chi connectivity index (χ0n) is 16.6. The number of anilines is 1. The molecular formula is C26H24N2O. The van der Waals surface area contributed by atoms with Gasteiger partial charge in [-0.2, -0.15) is 0 Å². The molecule has 0 bridgehead atoms. The molecule has 3 aromatic rings. The van der Waals surface area contributed by atoms with Gasteiger partial charge in [0.25, 0.3) is 0 Å². The molecule has 0 unspecified atom stereocenters. The van der Waals surface area contributed by atoms with E-state index in [9.17, 15) is 4.79 Å². The fraction of sp³-hybridized carbons (Fsp3) is 0.192. The summed E-state index contributed by atoms with van der Waals surface area (Å²) in [5.41, 5.74) is 7.01. The fourth-order valence-corrected chi connectivity index (χ4v) is 4.38. The van der Waals surface area contributed by atoms with Gasteiger partial charge in [0, 0.05) is 48.6 Å². The van der Waals surface area contributed by atoms with Crippen molar-refractivity contribution in [2.75, 3.05) is 38.1 Å². The normalized spacial score (nSPS) is 17.0. The molecule has 29 heavy (non-hydrogen) atoms. The lowest BCUT2D eigenvalue weighted by Gasteiger charge is -2.34. The van der Waals surface area contributed by atoms with Gasteiger partial charge < -0.3 is 9.80 Å². The standard InChI is InChI=1S/C26H24N2O/c1-27-14-16-28(17-15-27)21-11-7-10-20(18-21)24-22-12-5-6-13-23(22)26(29)25(24)19-8-3-2-4-9-19/h2-13,18H,14-17H2,1H3. The first-order chi connectivity index (χ1) is 14.2. The minimum atomic E-state index is 0.117. The summed E-state index contributed by atoms with van der Waals surface area (Å²) in [5, 5.41) is 0. The number of likely N-dealkylation sites (N-methyl/N-ethyl adjacent to an activating group) is 1. The Hall–Kier alpha value is -3.17. The fourth-order valence-electron chi connectivity index (χ4n) is 4.38. The van der Waals surface area contributed by atoms with E-state index in [0.29, 0.717) is 0 Å². The predicted molar refractivity (Wildman–Crippen MR) is 119 cm³/mol. The van der Waals surface area contributed by atoms with Gasteiger partial charge >= 0.3 is 0 Å². The maximum absolute atomic E-state index is 13.3. The second kappa shape index (κ2) is 7.34. The number of carbonyl (C=O) groups excluding carboxylic acids is 1. The van der Waals surface area contributed by atoms with E-state index in [1.54, 1.807) is 0 Å². The molecule has 1 heterocycles. The molecule has 0 radical (unpaired) electrons. The van der Waals surface area contributed by atoms with Gasteiger partial charge in [0.05, 0.1) is 0 Å². The summed E-state index contributed by atoms with van der Waals surface area (Å²) >= 11 is 0. The smallest absolute Gasteiger partial charge is 0.194 e. The Morgan fingerprint density at radius 1 is 0.655 bits per heavy atom. The van der Waals surface area contributed by atoms with Gasteiger partial charge in [-0.05, 0) is 35.9 Å². The molecule has 3 nitrogen and oxygen atoms in total. The Morgan fingerprint density at radius 3 is 2.07 bits per heavy atom. The number of Topliss-reactive ketones (excluding diaryl/α,β-unsaturated/α-hetero) is 1. The number of piperazine rings is 1. The average Bonchev–Trinajstić information content (AvgIpc) is 3.08. The van der Waals surface area contributed by atoms with E-state index >= 15 is 0 Å². The first-order valence-corrected chi connectivity index (χ1v) is 10.2. The van der Waals surface area contributed by atoms with Crippen molar-refractivity contribution >= 4 is 22.6 Å². The molecule has 3 heteroatoms. The summed E-state index contributed by atoms with van der Waals surface area (Å²) in [6, 6.07) is 26.7. The van der Waals surface area contributed by atoms with Crippen molar-refractivity contribution in [2.45, 2.75) is 0 Å². The van der Waals surface area contributed by atoms with Gasteiger partial charge in [-0.3, -0.25) is 4.79 Å². The van der Waals surface area contributed by atoms with Crippen LogP contribution in [0.4, 0.5) is 5.69 Å². The Kier molecular flexibility index (Phi) is 4.53. The minimum Gasteiger partial charge on any atom is -0.369 e. The number of carbonyl (C=O) groups is 1. The second-order valence-corrected chi connectivity index (χ2v) is 7.83. The Morgan fingerprint density at radius 2 is 1.31 bits per heavy atom. The lowest BCUT2D eigenvalue weighted by atomic mass is 9.94. The third-order valence-corrected chi connectivity index (χ3v) is 5.98. The molecule has 5 rings (SSSR count). The second-order valence-electron chi connectivity index (χ2n) is 7.83. The number of benzene rings is 3. The van der Waals surface area contributed by atoms with Crippen molar-refractivity contribution in [1.29, 1.82) is 0 Å². The van der Waals surface area contributed by atoms with Gasteiger partial charge in [0.15, 0.2) is 5.78 Å². The molecule has 1 saturated heterocycles. The summed E-state index contributed by atoms with van der Waals surface area (Å²) in [6.45, 7) is 4.20. The quantitative estimate of drug-likeness (QED) is 0.664. The van der Waals surface area contributed by atoms with Crippen LogP contribution in [0.15, 0.2) is 78.9 Å². The summed E-state index contributed by atoms with van der Waals surface area (Å²) in [4.78, 5) is 18.1. The third kappa shape index (κ3) is 3.18. The van der Waals surface area contributed by atoms with Crippen molar-refractivity contribution in [3.05, 3.63) is 101 Å². The molecule has 1 fully saturated rings. The van der Waals surface area contributed by atoms with E-state index in [0.717, 1.165) is 59.6 Å². The van der Waals surface area contributed by atoms with Crippen LogP contribution < -0.4 is 4.90 Å². The zero-order chi connectivity index (χ0) is 19.8. The SMILES string of the molecule is CN1CCN(c2cccc(C3=C(c4ccccc4)C(=O)c4ccccc43)c2)CC1. The lowest BCUT2D eigenvalue weighted by molar-refractivity contribution is 0.105. The maximum Gasteiger partial charge on any atom is 0.194 e. The highest BCUT2D eigenvalue weighted by atomic mass is 16.1. The summed E-state index contributed by atoms with van der Waals surface area (Å²) in [6.07, 6.45) is 0. The molecule has 3 aromatic carbocycles. The van der Waals surface area contributed by atoms with Crippen LogP contribution in [0, 0.1) is 0 Å². The molecule has 0 aromatic heterocycles. The van der Waals surface area contributed by atoms with Crippen LogP contribution in [-0.4, -0.2) is 43.9 Å². The van der Waals surface area contributed by atoms with Gasteiger partial charge in [-0.15, -0.1) is 0 Å². The van der Waals surface area contributed by atoms with E-state index in [1.165, 1.54) is 5.69 Å². The van der Waals surface area contributed by atoms with Gasteiger partial charge in [0.2, 0.25) is 0 Å². The first kappa shape index (κ1) is 17.9. The molecule has 1 aliphatic heterocycles. The number of ketones is 1. The molecule has 1 aliphatic carbocycles. The number of allylic oxidation sites excluding steroid dienone is 1. The van der Waals surface area contributed by atoms with Crippen molar-refractivity contribution in [3.63, 3.8) is 0 Å². The molecular weight excluding hydrogens is 356 g/mol. The summed E-state index contributed by atoms with van der Waals surface area (Å²) < 4.78 is 0. The Bertz CT molecular complexity index is 1090. The zero-order valence-corrected chi connectivity index (χ0v) is 16.6. The van der Waals surface area contributed by atoms with E-state index < -0.39 is 0 Å². The van der Waals surface area contributed by atoms with E-state index in [2.05, 4.69) is 47.2 Å². The van der Waals surface area contributed by atoms with Crippen molar-refractivity contribution < 1.29 is 4.79 Å². The van der Waals surface area contributed by atoms with E-state index in [1.807, 2.05) is 48.5 Å². The van der Waals surface area contributed by atoms with Crippen LogP contribution in [0.3, 0.4) is 0 Å². The predicted octanol–water partition coefficient (Wildman–Crippen LogP) is 4.59. The number of nitrogens with zero attached hydrogens (tertiary/aromatic N) is 2. The van der Waals surface area contributed by atoms with Crippen LogP contribution in [-0.2, 0) is 0 Å². The van der Waals surface area contributed by atoms with Crippen LogP contribution in [0.5, 0.6) is 0 Å². The molecule has 0 amide bonds. The van der Waals surface area contributed by atoms with Crippen LogP contribution >= 0.6 is 0 Å². The molecule has 2 aliphatic rings. The van der Waals surface area contributed by atoms with Crippen LogP contribution in [0.25, 0.3) is 11.1 Å². The first-order valence-electron chi connectivity index (χ1n) is 10.2. The van der Waals surface area contributed by atoms with Crippen LogP contribution in [0.1, 0.15) is 27.0 Å². The number of hydrogen-bond acceptors (Lipinski definition) is 3. The molecule has 0 spiro atoms.